The van der Waals surface area contributed by atoms with Crippen LogP contribution in [0.3, 0.4) is 0 Å². The van der Waals surface area contributed by atoms with Crippen molar-refractivity contribution in [3.05, 3.63) is 35.9 Å². The minimum atomic E-state index is -0.341. The van der Waals surface area contributed by atoms with Crippen molar-refractivity contribution in [3.8, 4) is 0 Å². The molecule has 0 aliphatic rings. The van der Waals surface area contributed by atoms with Crippen LogP contribution in [0.25, 0.3) is 0 Å². The number of unbranched alkanes of at least 4 members (excludes halogenated alkanes) is 3. The zero-order valence-corrected chi connectivity index (χ0v) is 12.5. The summed E-state index contributed by atoms with van der Waals surface area (Å²) >= 11 is 0. The van der Waals surface area contributed by atoms with Crippen LogP contribution in [0, 0.1) is 0 Å². The van der Waals surface area contributed by atoms with Crippen molar-refractivity contribution >= 4 is 11.7 Å². The molecule has 0 bridgehead atoms. The summed E-state index contributed by atoms with van der Waals surface area (Å²) in [7, 11) is 0. The van der Waals surface area contributed by atoms with Gasteiger partial charge in [0.25, 0.3) is 0 Å². The summed E-state index contributed by atoms with van der Waals surface area (Å²) in [4.78, 5) is 22.5. The number of nitrogens with one attached hydrogen (secondary N) is 1. The second-order valence-corrected chi connectivity index (χ2v) is 5.33. The Bertz CT molecular complexity index is 417. The number of ketones is 1. The largest absolute Gasteiger partial charge is 0.300 e. The van der Waals surface area contributed by atoms with E-state index in [1.165, 1.54) is 5.56 Å². The van der Waals surface area contributed by atoms with Gasteiger partial charge < -0.3 is 0 Å². The van der Waals surface area contributed by atoms with E-state index in [-0.39, 0.29) is 5.91 Å². The molecule has 0 unspecified atom stereocenters. The SMILES string of the molecule is O=C(CCCCCCC(=O)NO)CCCc1ccccc1. The van der Waals surface area contributed by atoms with Crippen molar-refractivity contribution in [2.75, 3.05) is 0 Å². The average Bonchev–Trinajstić information content (AvgIpc) is 2.51. The molecule has 4 heteroatoms. The summed E-state index contributed by atoms with van der Waals surface area (Å²) in [5.74, 6) is -0.00831. The van der Waals surface area contributed by atoms with Gasteiger partial charge in [0.2, 0.25) is 5.91 Å². The van der Waals surface area contributed by atoms with Gasteiger partial charge in [-0.05, 0) is 31.2 Å². The van der Waals surface area contributed by atoms with E-state index in [4.69, 9.17) is 5.21 Å². The Balaban J connectivity index is 1.95. The Morgan fingerprint density at radius 2 is 1.48 bits per heavy atom. The predicted octanol–water partition coefficient (Wildman–Crippen LogP) is 3.42. The first-order valence-electron chi connectivity index (χ1n) is 7.71. The van der Waals surface area contributed by atoms with Crippen LogP contribution in [0.5, 0.6) is 0 Å². The highest BCUT2D eigenvalue weighted by molar-refractivity contribution is 5.78. The number of carbonyl (C=O) groups excluding carboxylic acids is 2. The van der Waals surface area contributed by atoms with Crippen LogP contribution >= 0.6 is 0 Å². The van der Waals surface area contributed by atoms with E-state index in [1.807, 2.05) is 18.2 Å². The summed E-state index contributed by atoms with van der Waals surface area (Å²) < 4.78 is 0. The molecule has 0 aliphatic carbocycles. The van der Waals surface area contributed by atoms with Crippen LogP contribution in [0.2, 0.25) is 0 Å². The minimum absolute atomic E-state index is 0.332. The fraction of sp³-hybridized carbons (Fsp3) is 0.529. The average molecular weight is 291 g/mol. The van der Waals surface area contributed by atoms with E-state index in [9.17, 15) is 9.59 Å². The molecule has 0 aliphatic heterocycles. The maximum atomic E-state index is 11.7. The number of Topliss-reactive ketones (excluding diaryl/α,β-unsaturated/α-hetero) is 1. The highest BCUT2D eigenvalue weighted by Gasteiger charge is 2.03. The van der Waals surface area contributed by atoms with Gasteiger partial charge in [-0.1, -0.05) is 43.2 Å². The second-order valence-electron chi connectivity index (χ2n) is 5.33. The van der Waals surface area contributed by atoms with Crippen LogP contribution < -0.4 is 5.48 Å². The molecule has 0 saturated heterocycles. The molecule has 0 atom stereocenters. The second kappa shape index (κ2) is 11.0. The van der Waals surface area contributed by atoms with Gasteiger partial charge in [-0.2, -0.15) is 0 Å². The van der Waals surface area contributed by atoms with Crippen LogP contribution in [0.15, 0.2) is 30.3 Å². The number of rotatable bonds is 11. The Labute approximate surface area is 126 Å². The highest BCUT2D eigenvalue weighted by atomic mass is 16.5. The molecule has 0 spiro atoms. The molecule has 0 heterocycles. The first-order valence-corrected chi connectivity index (χ1v) is 7.71. The van der Waals surface area contributed by atoms with Crippen LogP contribution in [-0.2, 0) is 16.0 Å². The third-order valence-electron chi connectivity index (χ3n) is 3.50. The summed E-state index contributed by atoms with van der Waals surface area (Å²) in [6, 6.07) is 10.2. The van der Waals surface area contributed by atoms with Gasteiger partial charge in [0.1, 0.15) is 5.78 Å². The third kappa shape index (κ3) is 8.97. The van der Waals surface area contributed by atoms with Crippen LogP contribution in [0.1, 0.15) is 56.9 Å². The van der Waals surface area contributed by atoms with E-state index >= 15 is 0 Å². The smallest absolute Gasteiger partial charge is 0.243 e. The van der Waals surface area contributed by atoms with Gasteiger partial charge in [-0.3, -0.25) is 14.8 Å². The topological polar surface area (TPSA) is 66.4 Å². The molecule has 21 heavy (non-hydrogen) atoms. The maximum absolute atomic E-state index is 11.7. The van der Waals surface area contributed by atoms with Gasteiger partial charge >= 0.3 is 0 Å². The molecule has 0 aromatic heterocycles. The number of carbonyl (C=O) groups is 2. The van der Waals surface area contributed by atoms with Crippen molar-refractivity contribution in [3.63, 3.8) is 0 Å². The van der Waals surface area contributed by atoms with E-state index in [0.29, 0.717) is 25.0 Å². The molecular formula is C17H25NO3. The number of aryl methyl sites for hydroxylation is 1. The van der Waals surface area contributed by atoms with Gasteiger partial charge in [0.05, 0.1) is 0 Å². The Morgan fingerprint density at radius 1 is 0.857 bits per heavy atom. The van der Waals surface area contributed by atoms with E-state index < -0.39 is 0 Å². The fourth-order valence-electron chi connectivity index (χ4n) is 2.28. The van der Waals surface area contributed by atoms with Crippen LogP contribution in [-0.4, -0.2) is 16.9 Å². The first-order chi connectivity index (χ1) is 10.2. The third-order valence-corrected chi connectivity index (χ3v) is 3.50. The monoisotopic (exact) mass is 291 g/mol. The molecule has 1 rings (SSSR count). The number of hydroxylamine groups is 1. The summed E-state index contributed by atoms with van der Waals surface area (Å²) in [6.45, 7) is 0. The highest BCUT2D eigenvalue weighted by Crippen LogP contribution is 2.09. The lowest BCUT2D eigenvalue weighted by Gasteiger charge is -2.03. The predicted molar refractivity (Wildman–Crippen MR) is 82.0 cm³/mol. The molecule has 116 valence electrons. The van der Waals surface area contributed by atoms with Gasteiger partial charge in [-0.25, -0.2) is 5.48 Å². The lowest BCUT2D eigenvalue weighted by Crippen LogP contribution is -2.17. The van der Waals surface area contributed by atoms with Gasteiger partial charge in [0, 0.05) is 19.3 Å². The minimum Gasteiger partial charge on any atom is -0.300 e. The van der Waals surface area contributed by atoms with Crippen LogP contribution in [0.4, 0.5) is 0 Å². The van der Waals surface area contributed by atoms with E-state index in [2.05, 4.69) is 12.1 Å². The Hall–Kier alpha value is -1.68. The normalized spacial score (nSPS) is 10.3. The first kappa shape index (κ1) is 17.4. The van der Waals surface area contributed by atoms with Crippen molar-refractivity contribution < 1.29 is 14.8 Å². The number of hydrogen-bond donors (Lipinski definition) is 2. The van der Waals surface area contributed by atoms with Crippen molar-refractivity contribution in [2.45, 2.75) is 57.8 Å². The molecule has 2 N–H and O–H groups in total. The zero-order chi connectivity index (χ0) is 15.3. The number of amides is 1. The summed E-state index contributed by atoms with van der Waals surface area (Å²) in [5, 5.41) is 8.33. The molecule has 1 amide bonds. The molecule has 1 aromatic rings. The quantitative estimate of drug-likeness (QED) is 0.373. The molecule has 0 radical (unpaired) electrons. The lowest BCUT2D eigenvalue weighted by molar-refractivity contribution is -0.129. The van der Waals surface area contributed by atoms with Crippen molar-refractivity contribution in [2.24, 2.45) is 0 Å². The van der Waals surface area contributed by atoms with E-state index in [1.54, 1.807) is 5.48 Å². The molecule has 0 saturated carbocycles. The summed E-state index contributed by atoms with van der Waals surface area (Å²) in [5.41, 5.74) is 2.90. The Kier molecular flexibility index (Phi) is 9.13. The molecule has 0 fully saturated rings. The number of hydrogen-bond acceptors (Lipinski definition) is 3. The van der Waals surface area contributed by atoms with Crippen molar-refractivity contribution in [1.29, 1.82) is 0 Å². The molecule has 1 aromatic carbocycles. The number of benzene rings is 1. The maximum Gasteiger partial charge on any atom is 0.243 e. The Morgan fingerprint density at radius 3 is 2.14 bits per heavy atom. The van der Waals surface area contributed by atoms with Crippen molar-refractivity contribution in [1.82, 2.24) is 5.48 Å². The van der Waals surface area contributed by atoms with Gasteiger partial charge in [-0.15, -0.1) is 0 Å². The van der Waals surface area contributed by atoms with E-state index in [0.717, 1.165) is 38.5 Å². The fourth-order valence-corrected chi connectivity index (χ4v) is 2.28. The zero-order valence-electron chi connectivity index (χ0n) is 12.5. The standard InChI is InChI=1S/C17H25NO3/c19-16(12-6-1-2-7-14-17(20)18-21)13-8-11-15-9-4-3-5-10-15/h3-5,9-10,21H,1-2,6-8,11-14H2,(H,18,20). The molecule has 4 nitrogen and oxygen atoms in total. The molecular weight excluding hydrogens is 266 g/mol. The summed E-state index contributed by atoms with van der Waals surface area (Å²) in [6.07, 6.45) is 7.06. The van der Waals surface area contributed by atoms with Gasteiger partial charge in [0.15, 0.2) is 0 Å². The lowest BCUT2D eigenvalue weighted by atomic mass is 10.0.